The van der Waals surface area contributed by atoms with Gasteiger partial charge in [0, 0.05) is 22.3 Å². The van der Waals surface area contributed by atoms with Crippen molar-refractivity contribution in [3.8, 4) is 0 Å². The number of benzene rings is 1. The molecule has 0 aromatic heterocycles. The first kappa shape index (κ1) is 50.4. The third-order valence-corrected chi connectivity index (χ3v) is 11.8. The highest BCUT2D eigenvalue weighted by Crippen LogP contribution is 2.29. The molecule has 0 amide bonds. The Bertz CT molecular complexity index is 1750. The number of carbonyl (C=O) groups is 2. The predicted molar refractivity (Wildman–Crippen MR) is 256 cm³/mol. The Morgan fingerprint density at radius 1 is 0.466 bits per heavy atom. The summed E-state index contributed by atoms with van der Waals surface area (Å²) in [4.78, 5) is 25.8. The summed E-state index contributed by atoms with van der Waals surface area (Å²) in [6.07, 6.45) is 39.4. The monoisotopic (exact) mass is 787 g/mol. The van der Waals surface area contributed by atoms with Crippen LogP contribution in [0, 0.1) is 5.92 Å². The van der Waals surface area contributed by atoms with E-state index < -0.39 is 0 Å². The molecule has 0 saturated heterocycles. The average molecular weight is 787 g/mol. The van der Waals surface area contributed by atoms with Crippen LogP contribution in [0.15, 0.2) is 129 Å². The van der Waals surface area contributed by atoms with E-state index in [-0.39, 0.29) is 11.6 Å². The Labute approximate surface area is 357 Å². The van der Waals surface area contributed by atoms with E-state index in [0.717, 1.165) is 77.0 Å². The van der Waals surface area contributed by atoms with E-state index in [1.54, 1.807) is 19.1 Å². The summed E-state index contributed by atoms with van der Waals surface area (Å²) in [5.41, 5.74) is 14.1. The molecule has 58 heavy (non-hydrogen) atoms. The zero-order valence-electron chi connectivity index (χ0n) is 39.0. The Kier molecular flexibility index (Phi) is 24.8. The van der Waals surface area contributed by atoms with Crippen molar-refractivity contribution in [2.24, 2.45) is 5.92 Å². The SMILES string of the molecule is CC(C)=CCC/C(C)=C/CC/C(C)=C/CC/C(C)=C/CC/C(C)=C/CC/C(C)=C/CC/C(C)=C/CCC(C)CCC/C(C)=C/CC1=C(C)C(=O)c2ccccc2C1=O. The van der Waals surface area contributed by atoms with Crippen molar-refractivity contribution in [1.29, 1.82) is 0 Å². The molecule has 1 atom stereocenters. The lowest BCUT2D eigenvalue weighted by Gasteiger charge is -2.18. The highest BCUT2D eigenvalue weighted by Gasteiger charge is 2.28. The van der Waals surface area contributed by atoms with Gasteiger partial charge in [-0.1, -0.05) is 131 Å². The van der Waals surface area contributed by atoms with Crippen LogP contribution in [-0.4, -0.2) is 11.6 Å². The van der Waals surface area contributed by atoms with Crippen LogP contribution in [0.3, 0.4) is 0 Å². The minimum atomic E-state index is -0.0136. The molecule has 2 heteroatoms. The van der Waals surface area contributed by atoms with Gasteiger partial charge in [0.2, 0.25) is 0 Å². The third-order valence-electron chi connectivity index (χ3n) is 11.8. The van der Waals surface area contributed by atoms with Crippen molar-refractivity contribution in [2.45, 2.75) is 192 Å². The number of Topliss-reactive ketones (excluding diaryl/α,β-unsaturated/α-hetero) is 2. The molecule has 0 aliphatic heterocycles. The molecule has 0 radical (unpaired) electrons. The van der Waals surface area contributed by atoms with Gasteiger partial charge in [-0.05, 0) is 184 Å². The lowest BCUT2D eigenvalue weighted by atomic mass is 9.83. The van der Waals surface area contributed by atoms with Gasteiger partial charge in [-0.3, -0.25) is 9.59 Å². The molecule has 0 saturated carbocycles. The van der Waals surface area contributed by atoms with Gasteiger partial charge in [0.05, 0.1) is 0 Å². The molecule has 0 fully saturated rings. The molecule has 1 aromatic carbocycles. The molecule has 0 bridgehead atoms. The topological polar surface area (TPSA) is 34.1 Å². The Morgan fingerprint density at radius 2 is 0.828 bits per heavy atom. The van der Waals surface area contributed by atoms with Gasteiger partial charge in [-0.25, -0.2) is 0 Å². The standard InChI is InChI=1S/C56H82O2/c1-42(2)22-14-23-43(3)24-15-25-44(4)26-16-27-45(5)28-17-29-46(6)30-18-31-47(7)32-19-33-48(8)34-20-35-49(9)36-21-37-50(10)40-41-52-51(11)55(57)53-38-12-13-39-54(53)56(52)58/h12-13,22,24,26,28,30,32,34,38-40,49H,14-21,23,25,27,29,31,33,35-37,41H2,1-11H3/b43-24+,44-26+,45-28+,46-30+,47-32+,48-34+,50-40+. The second-order valence-corrected chi connectivity index (χ2v) is 18.0. The second-order valence-electron chi connectivity index (χ2n) is 18.0. The molecule has 1 aliphatic carbocycles. The smallest absolute Gasteiger partial charge is 0.190 e. The number of hydrogen-bond acceptors (Lipinski definition) is 2. The van der Waals surface area contributed by atoms with Crippen LogP contribution in [0.25, 0.3) is 0 Å². The molecule has 1 aliphatic rings. The summed E-state index contributed by atoms with van der Waals surface area (Å²) in [5, 5.41) is 0. The van der Waals surface area contributed by atoms with E-state index >= 15 is 0 Å². The van der Waals surface area contributed by atoms with Crippen molar-refractivity contribution in [3.05, 3.63) is 140 Å². The maximum atomic E-state index is 13.0. The minimum absolute atomic E-state index is 0.00329. The molecular formula is C56H82O2. The van der Waals surface area contributed by atoms with Gasteiger partial charge in [-0.15, -0.1) is 0 Å². The van der Waals surface area contributed by atoms with Crippen LogP contribution in [0.5, 0.6) is 0 Å². The molecule has 318 valence electrons. The number of allylic oxidation sites excluding steroid dienone is 18. The van der Waals surface area contributed by atoms with Crippen molar-refractivity contribution in [3.63, 3.8) is 0 Å². The number of rotatable bonds is 27. The molecule has 2 rings (SSSR count). The van der Waals surface area contributed by atoms with Crippen molar-refractivity contribution in [1.82, 2.24) is 0 Å². The van der Waals surface area contributed by atoms with E-state index in [2.05, 4.69) is 118 Å². The Balaban J connectivity index is 1.57. The summed E-state index contributed by atoms with van der Waals surface area (Å²) in [5.74, 6) is 0.686. The quantitative estimate of drug-likeness (QED) is 0.0833. The fourth-order valence-corrected chi connectivity index (χ4v) is 7.60. The maximum Gasteiger partial charge on any atom is 0.190 e. The Hall–Kier alpha value is -3.78. The van der Waals surface area contributed by atoms with Gasteiger partial charge in [0.25, 0.3) is 0 Å². The van der Waals surface area contributed by atoms with Crippen LogP contribution in [0.4, 0.5) is 0 Å². The first-order chi connectivity index (χ1) is 27.7. The van der Waals surface area contributed by atoms with E-state index in [0.29, 0.717) is 34.6 Å². The summed E-state index contributed by atoms with van der Waals surface area (Å²) in [7, 11) is 0. The summed E-state index contributed by atoms with van der Waals surface area (Å²) < 4.78 is 0. The molecule has 2 nitrogen and oxygen atoms in total. The van der Waals surface area contributed by atoms with Crippen LogP contribution >= 0.6 is 0 Å². The van der Waals surface area contributed by atoms with Gasteiger partial charge < -0.3 is 0 Å². The maximum absolute atomic E-state index is 13.0. The van der Waals surface area contributed by atoms with Crippen molar-refractivity contribution in [2.75, 3.05) is 0 Å². The highest BCUT2D eigenvalue weighted by atomic mass is 16.1. The molecule has 1 aromatic rings. The fourth-order valence-electron chi connectivity index (χ4n) is 7.60. The zero-order chi connectivity index (χ0) is 42.9. The van der Waals surface area contributed by atoms with E-state index in [9.17, 15) is 9.59 Å². The number of carbonyl (C=O) groups excluding carboxylic acids is 2. The molecule has 0 N–H and O–H groups in total. The molecule has 1 unspecified atom stereocenters. The van der Waals surface area contributed by atoms with Gasteiger partial charge in [-0.2, -0.15) is 0 Å². The van der Waals surface area contributed by atoms with Crippen molar-refractivity contribution >= 4 is 11.6 Å². The summed E-state index contributed by atoms with van der Waals surface area (Å²) in [6, 6.07) is 7.19. The predicted octanol–water partition coefficient (Wildman–Crippen LogP) is 17.6. The van der Waals surface area contributed by atoms with E-state index in [1.807, 2.05) is 12.1 Å². The minimum Gasteiger partial charge on any atom is -0.289 e. The van der Waals surface area contributed by atoms with Gasteiger partial charge >= 0.3 is 0 Å². The lowest BCUT2D eigenvalue weighted by Crippen LogP contribution is -2.20. The van der Waals surface area contributed by atoms with E-state index in [1.165, 1.54) is 76.7 Å². The number of hydrogen-bond donors (Lipinski definition) is 0. The largest absolute Gasteiger partial charge is 0.289 e. The van der Waals surface area contributed by atoms with Crippen LogP contribution in [-0.2, 0) is 0 Å². The van der Waals surface area contributed by atoms with Gasteiger partial charge in [0.1, 0.15) is 0 Å². The Morgan fingerprint density at radius 3 is 1.24 bits per heavy atom. The highest BCUT2D eigenvalue weighted by molar-refractivity contribution is 6.26. The third kappa shape index (κ3) is 21.3. The zero-order valence-corrected chi connectivity index (χ0v) is 39.0. The second kappa shape index (κ2) is 28.6. The van der Waals surface area contributed by atoms with Gasteiger partial charge in [0.15, 0.2) is 11.6 Å². The normalized spacial score (nSPS) is 15.7. The first-order valence-electron chi connectivity index (χ1n) is 22.8. The van der Waals surface area contributed by atoms with Crippen molar-refractivity contribution < 1.29 is 9.59 Å². The first-order valence-corrected chi connectivity index (χ1v) is 22.8. The molecule has 0 spiro atoms. The lowest BCUT2D eigenvalue weighted by molar-refractivity contribution is 0.0973. The molecular weight excluding hydrogens is 705 g/mol. The summed E-state index contributed by atoms with van der Waals surface area (Å²) >= 11 is 0. The molecule has 0 heterocycles. The van der Waals surface area contributed by atoms with E-state index in [4.69, 9.17) is 0 Å². The average Bonchev–Trinajstić information content (AvgIpc) is 3.17. The number of ketones is 2. The van der Waals surface area contributed by atoms with Crippen LogP contribution in [0.1, 0.15) is 212 Å². The fraction of sp³-hybridized carbons (Fsp3) is 0.536. The summed E-state index contributed by atoms with van der Waals surface area (Å²) in [6.45, 7) is 24.4. The number of fused-ring (bicyclic) bond motifs is 1. The van der Waals surface area contributed by atoms with Crippen LogP contribution < -0.4 is 0 Å². The van der Waals surface area contributed by atoms with Crippen LogP contribution in [0.2, 0.25) is 0 Å².